The summed E-state index contributed by atoms with van der Waals surface area (Å²) in [5.41, 5.74) is 0.486. The van der Waals surface area contributed by atoms with Gasteiger partial charge in [-0.25, -0.2) is 8.78 Å². The number of ether oxygens (including phenoxy) is 1. The lowest BCUT2D eigenvalue weighted by Gasteiger charge is -2.20. The third-order valence-electron chi connectivity index (χ3n) is 3.43. The third kappa shape index (κ3) is 3.91. The van der Waals surface area contributed by atoms with E-state index in [0.717, 1.165) is 12.8 Å². The molecule has 1 aromatic carbocycles. The van der Waals surface area contributed by atoms with E-state index in [-0.39, 0.29) is 18.6 Å². The molecule has 21 heavy (non-hydrogen) atoms. The highest BCUT2D eigenvalue weighted by atomic mass is 19.1. The quantitative estimate of drug-likeness (QED) is 0.838. The third-order valence-corrected chi connectivity index (χ3v) is 3.43. The van der Waals surface area contributed by atoms with Crippen molar-refractivity contribution in [1.82, 2.24) is 10.2 Å². The Morgan fingerprint density at radius 3 is 2.48 bits per heavy atom. The average Bonchev–Trinajstić information content (AvgIpc) is 3.23. The Bertz CT molecular complexity index is 495. The van der Waals surface area contributed by atoms with Gasteiger partial charge in [-0.2, -0.15) is 0 Å². The van der Waals surface area contributed by atoms with E-state index in [4.69, 9.17) is 4.74 Å². The first-order valence-corrected chi connectivity index (χ1v) is 7.11. The zero-order valence-electron chi connectivity index (χ0n) is 12.3. The summed E-state index contributed by atoms with van der Waals surface area (Å²) in [6, 6.07) is 2.68. The number of rotatable bonds is 7. The van der Waals surface area contributed by atoms with Crippen LogP contribution in [0.4, 0.5) is 8.78 Å². The summed E-state index contributed by atoms with van der Waals surface area (Å²) in [6.45, 7) is 2.48. The maximum atomic E-state index is 13.8. The Hall–Kier alpha value is -1.69. The average molecular weight is 298 g/mol. The van der Waals surface area contributed by atoms with Crippen LogP contribution in [0.2, 0.25) is 0 Å². The first-order valence-electron chi connectivity index (χ1n) is 7.11. The Morgan fingerprint density at radius 2 is 2.00 bits per heavy atom. The number of nitrogens with zero attached hydrogens (tertiary/aromatic N) is 1. The molecule has 1 aromatic rings. The predicted molar refractivity (Wildman–Crippen MR) is 75.0 cm³/mol. The van der Waals surface area contributed by atoms with Gasteiger partial charge in [0.05, 0.1) is 0 Å². The summed E-state index contributed by atoms with van der Waals surface area (Å²) in [5, 5.41) is 2.82. The maximum Gasteiger partial charge on any atom is 0.260 e. The highest BCUT2D eigenvalue weighted by Gasteiger charge is 2.31. The molecule has 0 heterocycles. The molecule has 1 amide bonds. The van der Waals surface area contributed by atoms with Crippen molar-refractivity contribution >= 4 is 5.91 Å². The normalized spacial score (nSPS) is 14.1. The summed E-state index contributed by atoms with van der Waals surface area (Å²) < 4.78 is 32.7. The molecule has 1 fully saturated rings. The summed E-state index contributed by atoms with van der Waals surface area (Å²) in [6.07, 6.45) is 1.97. The predicted octanol–water partition coefficient (Wildman–Crippen LogP) is 2.07. The van der Waals surface area contributed by atoms with Crippen LogP contribution in [0.25, 0.3) is 0 Å². The van der Waals surface area contributed by atoms with Crippen LogP contribution in [-0.4, -0.2) is 37.0 Å². The topological polar surface area (TPSA) is 41.6 Å². The molecule has 0 aromatic heterocycles. The second-order valence-electron chi connectivity index (χ2n) is 5.12. The van der Waals surface area contributed by atoms with Crippen molar-refractivity contribution in [3.63, 3.8) is 0 Å². The number of likely N-dealkylation sites (N-methyl/N-ethyl adjacent to an activating group) is 1. The second-order valence-corrected chi connectivity index (χ2v) is 5.12. The Kier molecular flexibility index (Phi) is 5.12. The van der Waals surface area contributed by atoms with Crippen molar-refractivity contribution in [3.8, 4) is 5.75 Å². The maximum absolute atomic E-state index is 13.8. The van der Waals surface area contributed by atoms with Crippen LogP contribution in [0, 0.1) is 11.6 Å². The smallest absolute Gasteiger partial charge is 0.260 e. The summed E-state index contributed by atoms with van der Waals surface area (Å²) in [7, 11) is 1.69. The van der Waals surface area contributed by atoms with Gasteiger partial charge in [-0.05, 0) is 44.5 Å². The summed E-state index contributed by atoms with van der Waals surface area (Å²) >= 11 is 0. The van der Waals surface area contributed by atoms with E-state index < -0.39 is 17.4 Å². The SMILES string of the molecule is CCN(C(=O)COc1c(F)cc(CNC)cc1F)C1CC1. The number of nitrogens with one attached hydrogen (secondary N) is 1. The van der Waals surface area contributed by atoms with E-state index in [9.17, 15) is 13.6 Å². The molecule has 0 radical (unpaired) electrons. The van der Waals surface area contributed by atoms with Crippen molar-refractivity contribution < 1.29 is 18.3 Å². The van der Waals surface area contributed by atoms with Crippen LogP contribution in [0.3, 0.4) is 0 Å². The van der Waals surface area contributed by atoms with Crippen LogP contribution in [0.1, 0.15) is 25.3 Å². The van der Waals surface area contributed by atoms with Gasteiger partial charge >= 0.3 is 0 Å². The number of amides is 1. The van der Waals surface area contributed by atoms with E-state index in [2.05, 4.69) is 5.32 Å². The second kappa shape index (κ2) is 6.85. The van der Waals surface area contributed by atoms with Crippen molar-refractivity contribution in [3.05, 3.63) is 29.3 Å². The summed E-state index contributed by atoms with van der Waals surface area (Å²) in [4.78, 5) is 13.7. The minimum atomic E-state index is -0.789. The van der Waals surface area contributed by atoms with Crippen LogP contribution in [-0.2, 0) is 11.3 Å². The highest BCUT2D eigenvalue weighted by Crippen LogP contribution is 2.27. The minimum Gasteiger partial charge on any atom is -0.478 e. The fourth-order valence-electron chi connectivity index (χ4n) is 2.30. The van der Waals surface area contributed by atoms with E-state index in [0.29, 0.717) is 18.7 Å². The molecule has 1 aliphatic carbocycles. The molecule has 1 saturated carbocycles. The minimum absolute atomic E-state index is 0.238. The number of hydrogen-bond donors (Lipinski definition) is 1. The van der Waals surface area contributed by atoms with Crippen molar-refractivity contribution in [1.29, 1.82) is 0 Å². The first-order chi connectivity index (χ1) is 10.1. The van der Waals surface area contributed by atoms with E-state index >= 15 is 0 Å². The Labute approximate surface area is 123 Å². The number of benzene rings is 1. The zero-order chi connectivity index (χ0) is 15.4. The number of halogens is 2. The lowest BCUT2D eigenvalue weighted by molar-refractivity contribution is -0.133. The van der Waals surface area contributed by atoms with E-state index in [1.807, 2.05) is 6.92 Å². The standard InChI is InChI=1S/C15H20F2N2O2/c1-3-19(11-4-5-11)14(20)9-21-15-12(16)6-10(8-18-2)7-13(15)17/h6-7,11,18H,3-5,8-9H2,1-2H3. The van der Waals surface area contributed by atoms with Crippen molar-refractivity contribution in [2.75, 3.05) is 20.2 Å². The molecule has 4 nitrogen and oxygen atoms in total. The van der Waals surface area contributed by atoms with Crippen LogP contribution in [0.15, 0.2) is 12.1 Å². The fraction of sp³-hybridized carbons (Fsp3) is 0.533. The van der Waals surface area contributed by atoms with E-state index in [1.54, 1.807) is 11.9 Å². The van der Waals surface area contributed by atoms with Gasteiger partial charge < -0.3 is 15.0 Å². The molecule has 0 spiro atoms. The molecule has 0 unspecified atom stereocenters. The number of hydrogen-bond acceptors (Lipinski definition) is 3. The summed E-state index contributed by atoms with van der Waals surface area (Å²) in [5.74, 6) is -2.31. The lowest BCUT2D eigenvalue weighted by Crippen LogP contribution is -2.36. The Balaban J connectivity index is 2.00. The molecule has 0 aliphatic heterocycles. The monoisotopic (exact) mass is 298 g/mol. The lowest BCUT2D eigenvalue weighted by atomic mass is 10.2. The van der Waals surface area contributed by atoms with Crippen molar-refractivity contribution in [2.24, 2.45) is 0 Å². The zero-order valence-corrected chi connectivity index (χ0v) is 12.3. The first kappa shape index (κ1) is 15.7. The van der Waals surface area contributed by atoms with Gasteiger partial charge in [0.2, 0.25) is 0 Å². The molecule has 0 bridgehead atoms. The van der Waals surface area contributed by atoms with Gasteiger partial charge in [-0.1, -0.05) is 0 Å². The molecule has 1 N–H and O–H groups in total. The van der Waals surface area contributed by atoms with Crippen LogP contribution >= 0.6 is 0 Å². The van der Waals surface area contributed by atoms with Gasteiger partial charge in [0.25, 0.3) is 5.91 Å². The van der Waals surface area contributed by atoms with Crippen molar-refractivity contribution in [2.45, 2.75) is 32.4 Å². The molecule has 6 heteroatoms. The number of carbonyl (C=O) groups is 1. The Morgan fingerprint density at radius 1 is 1.38 bits per heavy atom. The molecular weight excluding hydrogens is 278 g/mol. The van der Waals surface area contributed by atoms with Gasteiger partial charge in [-0.15, -0.1) is 0 Å². The molecule has 2 rings (SSSR count). The van der Waals surface area contributed by atoms with Gasteiger partial charge in [0, 0.05) is 19.1 Å². The number of carbonyl (C=O) groups excluding carboxylic acids is 1. The van der Waals surface area contributed by atoms with Gasteiger partial charge in [0.15, 0.2) is 24.0 Å². The highest BCUT2D eigenvalue weighted by molar-refractivity contribution is 5.78. The molecule has 0 atom stereocenters. The van der Waals surface area contributed by atoms with Crippen LogP contribution in [0.5, 0.6) is 5.75 Å². The molecular formula is C15H20F2N2O2. The van der Waals surface area contributed by atoms with E-state index in [1.165, 1.54) is 12.1 Å². The van der Waals surface area contributed by atoms with Gasteiger partial charge in [-0.3, -0.25) is 4.79 Å². The largest absolute Gasteiger partial charge is 0.478 e. The van der Waals surface area contributed by atoms with Gasteiger partial charge in [0.1, 0.15) is 0 Å². The fourth-order valence-corrected chi connectivity index (χ4v) is 2.30. The molecule has 0 saturated heterocycles. The molecule has 1 aliphatic rings. The van der Waals surface area contributed by atoms with Crippen LogP contribution < -0.4 is 10.1 Å². The molecule has 116 valence electrons.